The number of anilines is 1. The van der Waals surface area contributed by atoms with E-state index in [1.807, 2.05) is 35.7 Å². The van der Waals surface area contributed by atoms with E-state index < -0.39 is 0 Å². The molecule has 2 heterocycles. The molecule has 152 valence electrons. The number of nitrogens with zero attached hydrogens (tertiary/aromatic N) is 4. The van der Waals surface area contributed by atoms with Crippen molar-refractivity contribution in [2.75, 3.05) is 18.5 Å². The fraction of sp³-hybridized carbons (Fsp3) is 0.450. The zero-order valence-corrected chi connectivity index (χ0v) is 19.3. The largest absolute Gasteiger partial charge is 0.352 e. The van der Waals surface area contributed by atoms with Gasteiger partial charge in [0.1, 0.15) is 0 Å². The Morgan fingerprint density at radius 1 is 1.18 bits per heavy atom. The fourth-order valence-electron chi connectivity index (χ4n) is 3.37. The molecule has 0 aliphatic carbocycles. The summed E-state index contributed by atoms with van der Waals surface area (Å²) in [5.74, 6) is 0.961. The zero-order chi connectivity index (χ0) is 19.4. The number of rotatable bonds is 5. The third kappa shape index (κ3) is 5.03. The molecular formula is C20H29IN6O. The second-order valence-corrected chi connectivity index (χ2v) is 6.87. The number of hydrogen-bond donors (Lipinski definition) is 2. The summed E-state index contributed by atoms with van der Waals surface area (Å²) < 4.78 is 1.90. The van der Waals surface area contributed by atoms with Gasteiger partial charge in [-0.3, -0.25) is 14.5 Å². The molecule has 2 N–H and O–H groups in total. The standard InChI is InChI=1S/C20H28N6O.HI/c1-14-18(15(2)25(4)24-14)13-23-20(21-3)22-12-16-7-9-17(10-8-16)26-11-5-6-19(26)27;/h7-10H,5-6,11-13H2,1-4H3,(H2,21,22,23);1H. The van der Waals surface area contributed by atoms with E-state index in [4.69, 9.17) is 0 Å². The lowest BCUT2D eigenvalue weighted by atomic mass is 10.2. The van der Waals surface area contributed by atoms with Gasteiger partial charge in [-0.15, -0.1) is 24.0 Å². The summed E-state index contributed by atoms with van der Waals surface area (Å²) >= 11 is 0. The number of halogens is 1. The highest BCUT2D eigenvalue weighted by molar-refractivity contribution is 14.0. The highest BCUT2D eigenvalue weighted by Gasteiger charge is 2.21. The molecule has 8 heteroatoms. The number of aryl methyl sites for hydroxylation is 2. The third-order valence-corrected chi connectivity index (χ3v) is 5.10. The van der Waals surface area contributed by atoms with Crippen molar-refractivity contribution in [1.29, 1.82) is 0 Å². The molecule has 2 aromatic rings. The molecule has 0 atom stereocenters. The SMILES string of the molecule is CN=C(NCc1ccc(N2CCCC2=O)cc1)NCc1c(C)nn(C)c1C.I. The van der Waals surface area contributed by atoms with Crippen molar-refractivity contribution in [3.63, 3.8) is 0 Å². The average Bonchev–Trinajstić information content (AvgIpc) is 3.19. The molecule has 0 unspecified atom stereocenters. The minimum atomic E-state index is 0. The molecule has 1 aliphatic rings. The van der Waals surface area contributed by atoms with Crippen molar-refractivity contribution >= 4 is 41.5 Å². The number of amides is 1. The Morgan fingerprint density at radius 2 is 1.86 bits per heavy atom. The molecule has 7 nitrogen and oxygen atoms in total. The van der Waals surface area contributed by atoms with Gasteiger partial charge in [-0.2, -0.15) is 5.10 Å². The van der Waals surface area contributed by atoms with Crippen LogP contribution in [0.3, 0.4) is 0 Å². The fourth-order valence-corrected chi connectivity index (χ4v) is 3.37. The number of nitrogens with one attached hydrogen (secondary N) is 2. The van der Waals surface area contributed by atoms with Gasteiger partial charge in [0.25, 0.3) is 0 Å². The lowest BCUT2D eigenvalue weighted by Crippen LogP contribution is -2.36. The van der Waals surface area contributed by atoms with Crippen LogP contribution >= 0.6 is 24.0 Å². The number of carbonyl (C=O) groups is 1. The summed E-state index contributed by atoms with van der Waals surface area (Å²) in [4.78, 5) is 18.0. The second kappa shape index (κ2) is 9.90. The molecule has 0 radical (unpaired) electrons. The topological polar surface area (TPSA) is 74.6 Å². The molecule has 0 spiro atoms. The third-order valence-electron chi connectivity index (χ3n) is 5.10. The minimum absolute atomic E-state index is 0. The Balaban J connectivity index is 0.00000280. The lowest BCUT2D eigenvalue weighted by molar-refractivity contribution is -0.117. The van der Waals surface area contributed by atoms with Gasteiger partial charge < -0.3 is 15.5 Å². The maximum Gasteiger partial charge on any atom is 0.227 e. The van der Waals surface area contributed by atoms with Crippen LogP contribution in [0.25, 0.3) is 0 Å². The lowest BCUT2D eigenvalue weighted by Gasteiger charge is -2.16. The normalized spacial score (nSPS) is 14.2. The van der Waals surface area contributed by atoms with E-state index in [9.17, 15) is 4.79 Å². The summed E-state index contributed by atoms with van der Waals surface area (Å²) in [7, 11) is 3.72. The van der Waals surface area contributed by atoms with Crippen molar-refractivity contribution in [3.05, 3.63) is 46.8 Å². The Bertz CT molecular complexity index is 843. The maximum atomic E-state index is 11.8. The molecular weight excluding hydrogens is 467 g/mol. The van der Waals surface area contributed by atoms with Gasteiger partial charge in [0, 0.05) is 57.1 Å². The van der Waals surface area contributed by atoms with Crippen molar-refractivity contribution in [1.82, 2.24) is 20.4 Å². The highest BCUT2D eigenvalue weighted by atomic mass is 127. The maximum absolute atomic E-state index is 11.8. The van der Waals surface area contributed by atoms with Crippen LogP contribution in [-0.4, -0.2) is 35.2 Å². The molecule has 1 fully saturated rings. The first-order valence-electron chi connectivity index (χ1n) is 9.32. The van der Waals surface area contributed by atoms with Gasteiger partial charge in [-0.25, -0.2) is 0 Å². The van der Waals surface area contributed by atoms with Gasteiger partial charge in [0.15, 0.2) is 5.96 Å². The predicted molar refractivity (Wildman–Crippen MR) is 123 cm³/mol. The van der Waals surface area contributed by atoms with Crippen molar-refractivity contribution < 1.29 is 4.79 Å². The Kier molecular flexibility index (Phi) is 7.85. The molecule has 1 aromatic heterocycles. The molecule has 1 aliphatic heterocycles. The van der Waals surface area contributed by atoms with Gasteiger partial charge in [-0.1, -0.05) is 12.1 Å². The van der Waals surface area contributed by atoms with Crippen LogP contribution in [0.1, 0.15) is 35.4 Å². The summed E-state index contributed by atoms with van der Waals surface area (Å²) in [5.41, 5.74) is 5.50. The van der Waals surface area contributed by atoms with Crippen LogP contribution in [0, 0.1) is 13.8 Å². The molecule has 3 rings (SSSR count). The Morgan fingerprint density at radius 3 is 2.39 bits per heavy atom. The molecule has 0 saturated carbocycles. The van der Waals surface area contributed by atoms with Crippen LogP contribution in [-0.2, 0) is 24.9 Å². The van der Waals surface area contributed by atoms with Gasteiger partial charge in [-0.05, 0) is 38.0 Å². The molecule has 1 aromatic carbocycles. The molecule has 1 amide bonds. The van der Waals surface area contributed by atoms with Crippen molar-refractivity contribution in [3.8, 4) is 0 Å². The minimum Gasteiger partial charge on any atom is -0.352 e. The van der Waals surface area contributed by atoms with Crippen molar-refractivity contribution in [2.45, 2.75) is 39.8 Å². The van der Waals surface area contributed by atoms with Gasteiger partial charge >= 0.3 is 0 Å². The van der Waals surface area contributed by atoms with Crippen molar-refractivity contribution in [2.24, 2.45) is 12.0 Å². The van der Waals surface area contributed by atoms with E-state index in [2.05, 4.69) is 39.8 Å². The summed E-state index contributed by atoms with van der Waals surface area (Å²) in [6.45, 7) is 6.26. The van der Waals surface area contributed by atoms with E-state index in [1.165, 1.54) is 5.56 Å². The predicted octanol–water partition coefficient (Wildman–Crippen LogP) is 2.65. The first kappa shape index (κ1) is 22.2. The van der Waals surface area contributed by atoms with Crippen LogP contribution in [0.2, 0.25) is 0 Å². The summed E-state index contributed by atoms with van der Waals surface area (Å²) in [6.07, 6.45) is 1.60. The number of carbonyl (C=O) groups excluding carboxylic acids is 1. The first-order valence-corrected chi connectivity index (χ1v) is 9.32. The average molecular weight is 496 g/mol. The molecule has 28 heavy (non-hydrogen) atoms. The number of guanidine groups is 1. The Hall–Kier alpha value is -2.10. The summed E-state index contributed by atoms with van der Waals surface area (Å²) in [6, 6.07) is 8.13. The Labute approximate surface area is 183 Å². The van der Waals surface area contributed by atoms with Crippen LogP contribution < -0.4 is 15.5 Å². The van der Waals surface area contributed by atoms with E-state index in [-0.39, 0.29) is 29.9 Å². The van der Waals surface area contributed by atoms with Gasteiger partial charge in [0.05, 0.1) is 5.69 Å². The summed E-state index contributed by atoms with van der Waals surface area (Å²) in [5, 5.41) is 11.1. The first-order chi connectivity index (χ1) is 13.0. The number of aromatic nitrogens is 2. The van der Waals surface area contributed by atoms with Crippen LogP contribution in [0.5, 0.6) is 0 Å². The van der Waals surface area contributed by atoms with E-state index in [0.717, 1.165) is 41.6 Å². The highest BCUT2D eigenvalue weighted by Crippen LogP contribution is 2.21. The monoisotopic (exact) mass is 496 g/mol. The molecule has 1 saturated heterocycles. The van der Waals surface area contributed by atoms with Crippen LogP contribution in [0.4, 0.5) is 5.69 Å². The van der Waals surface area contributed by atoms with Gasteiger partial charge in [0.2, 0.25) is 5.91 Å². The number of aliphatic imine (C=N–C) groups is 1. The van der Waals surface area contributed by atoms with E-state index in [1.54, 1.807) is 7.05 Å². The van der Waals surface area contributed by atoms with E-state index in [0.29, 0.717) is 19.5 Å². The zero-order valence-electron chi connectivity index (χ0n) is 17.0. The van der Waals surface area contributed by atoms with E-state index >= 15 is 0 Å². The number of hydrogen-bond acceptors (Lipinski definition) is 3. The smallest absolute Gasteiger partial charge is 0.227 e. The van der Waals surface area contributed by atoms with Crippen LogP contribution in [0.15, 0.2) is 29.3 Å². The number of benzene rings is 1. The molecule has 0 bridgehead atoms. The quantitative estimate of drug-likeness (QED) is 0.379. The second-order valence-electron chi connectivity index (χ2n) is 6.87.